The maximum absolute atomic E-state index is 13.3. The van der Waals surface area contributed by atoms with Gasteiger partial charge in [-0.25, -0.2) is 13.2 Å². The summed E-state index contributed by atoms with van der Waals surface area (Å²) in [6, 6.07) is 0. The summed E-state index contributed by atoms with van der Waals surface area (Å²) in [5, 5.41) is 7.97. The number of aliphatic hydroxyl groups is 1. The molecule has 0 radical (unpaired) electrons. The molecule has 2 nitrogen and oxygen atoms in total. The maximum atomic E-state index is 13.3. The Morgan fingerprint density at radius 1 is 0.593 bits per heavy atom. The molecule has 156 valence electrons. The highest BCUT2D eigenvalue weighted by atomic mass is 19.4. The average molecular weight is 428 g/mol. The van der Waals surface area contributed by atoms with Crippen LogP contribution in [0.5, 0.6) is 5.75 Å². The Morgan fingerprint density at radius 3 is 1.30 bits per heavy atom. The van der Waals surface area contributed by atoms with Gasteiger partial charge in [0.25, 0.3) is 0 Å². The zero-order valence-electron chi connectivity index (χ0n) is 12.2. The van der Waals surface area contributed by atoms with Crippen LogP contribution >= 0.6 is 0 Å². The fraction of sp³-hybridized carbons (Fsp3) is 0.500. The summed E-state index contributed by atoms with van der Waals surface area (Å²) in [6.07, 6.45) is 0. The molecule has 0 bridgehead atoms. The second-order valence-electron chi connectivity index (χ2n) is 4.90. The molecule has 0 saturated carbocycles. The molecule has 0 aliphatic rings. The molecule has 0 saturated heterocycles. The number of hydrogen-bond acceptors (Lipinski definition) is 2. The SMILES string of the molecule is OCC(F)(F)C(F)(F)C(F)(F)C(F)(F)COc1c(F)c(F)c(F)c(F)c1F. The number of hydrogen-bond donors (Lipinski definition) is 1. The first kappa shape index (κ1) is 23.1. The van der Waals surface area contributed by atoms with Crippen molar-refractivity contribution in [2.75, 3.05) is 13.2 Å². The van der Waals surface area contributed by atoms with Crippen molar-refractivity contribution in [2.45, 2.75) is 23.7 Å². The summed E-state index contributed by atoms with van der Waals surface area (Å²) in [6.45, 7) is -6.17. The standard InChI is InChI=1S/C12H5F13O2/c13-3-4(14)6(16)8(7(17)5(3)15)27-2-10(20,21)12(24,25)11(22,23)9(18,19)1-26/h26H,1-2H2. The predicted octanol–water partition coefficient (Wildman–Crippen LogP) is 4.29. The van der Waals surface area contributed by atoms with Crippen LogP contribution in [0, 0.1) is 29.1 Å². The minimum absolute atomic E-state index is 2.53. The third kappa shape index (κ3) is 3.48. The Bertz CT molecular complexity index is 687. The van der Waals surface area contributed by atoms with Crippen LogP contribution < -0.4 is 4.74 Å². The Labute approximate surface area is 140 Å². The summed E-state index contributed by atoms with van der Waals surface area (Å²) in [5.74, 6) is -42.8. The van der Waals surface area contributed by atoms with Crippen LogP contribution in [0.1, 0.15) is 0 Å². The highest BCUT2D eigenvalue weighted by molar-refractivity contribution is 5.30. The molecule has 0 spiro atoms. The van der Waals surface area contributed by atoms with E-state index >= 15 is 0 Å². The highest BCUT2D eigenvalue weighted by Crippen LogP contribution is 2.52. The minimum Gasteiger partial charge on any atom is -0.481 e. The van der Waals surface area contributed by atoms with Crippen LogP contribution in [0.4, 0.5) is 57.1 Å². The van der Waals surface area contributed by atoms with Crippen molar-refractivity contribution in [3.8, 4) is 5.75 Å². The first-order valence-corrected chi connectivity index (χ1v) is 6.22. The van der Waals surface area contributed by atoms with Crippen molar-refractivity contribution in [1.29, 1.82) is 0 Å². The molecule has 0 aliphatic heterocycles. The first-order valence-electron chi connectivity index (χ1n) is 6.22. The monoisotopic (exact) mass is 428 g/mol. The van der Waals surface area contributed by atoms with Gasteiger partial charge in [-0.3, -0.25) is 0 Å². The number of alkyl halides is 8. The van der Waals surface area contributed by atoms with Crippen molar-refractivity contribution in [3.63, 3.8) is 0 Å². The van der Waals surface area contributed by atoms with E-state index in [2.05, 4.69) is 4.74 Å². The van der Waals surface area contributed by atoms with E-state index in [1.165, 1.54) is 0 Å². The summed E-state index contributed by atoms with van der Waals surface area (Å²) >= 11 is 0. The summed E-state index contributed by atoms with van der Waals surface area (Å²) < 4.78 is 173. The van der Waals surface area contributed by atoms with Crippen LogP contribution in [0.3, 0.4) is 0 Å². The Morgan fingerprint density at radius 2 is 0.926 bits per heavy atom. The molecule has 1 aromatic carbocycles. The summed E-state index contributed by atoms with van der Waals surface area (Å²) in [7, 11) is 0. The molecular formula is C12H5F13O2. The van der Waals surface area contributed by atoms with Gasteiger partial charge in [0.05, 0.1) is 0 Å². The Kier molecular flexibility index (Phi) is 5.91. The van der Waals surface area contributed by atoms with Crippen LogP contribution in [-0.2, 0) is 0 Å². The fourth-order valence-electron chi connectivity index (χ4n) is 1.52. The number of rotatable bonds is 7. The second kappa shape index (κ2) is 6.91. The number of ether oxygens (including phenoxy) is 1. The molecule has 27 heavy (non-hydrogen) atoms. The van der Waals surface area contributed by atoms with Crippen LogP contribution in [0.25, 0.3) is 0 Å². The van der Waals surface area contributed by atoms with Crippen LogP contribution in [0.15, 0.2) is 0 Å². The molecule has 0 heterocycles. The molecule has 0 fully saturated rings. The molecule has 0 aromatic heterocycles. The normalized spacial score (nSPS) is 13.9. The van der Waals surface area contributed by atoms with Gasteiger partial charge in [0.1, 0.15) is 6.61 Å². The Hall–Kier alpha value is -1.93. The van der Waals surface area contributed by atoms with Gasteiger partial charge >= 0.3 is 23.7 Å². The molecule has 1 N–H and O–H groups in total. The Balaban J connectivity index is 3.27. The lowest BCUT2D eigenvalue weighted by molar-refractivity contribution is -0.372. The minimum atomic E-state index is -6.98. The van der Waals surface area contributed by atoms with Gasteiger partial charge in [0.2, 0.25) is 29.1 Å². The summed E-state index contributed by atoms with van der Waals surface area (Å²) in [4.78, 5) is 0. The number of aliphatic hydroxyl groups excluding tert-OH is 1. The topological polar surface area (TPSA) is 29.5 Å². The third-order valence-corrected chi connectivity index (χ3v) is 3.08. The largest absolute Gasteiger partial charge is 0.481 e. The lowest BCUT2D eigenvalue weighted by Crippen LogP contribution is -2.64. The van der Waals surface area contributed by atoms with Gasteiger partial charge in [-0.15, -0.1) is 0 Å². The van der Waals surface area contributed by atoms with Gasteiger partial charge in [-0.2, -0.15) is 43.9 Å². The highest BCUT2D eigenvalue weighted by Gasteiger charge is 2.80. The second-order valence-corrected chi connectivity index (χ2v) is 4.90. The van der Waals surface area contributed by atoms with E-state index in [-0.39, 0.29) is 0 Å². The first-order chi connectivity index (χ1) is 12.0. The van der Waals surface area contributed by atoms with Gasteiger partial charge in [0.15, 0.2) is 12.4 Å². The number of benzene rings is 1. The zero-order chi connectivity index (χ0) is 21.6. The van der Waals surface area contributed by atoms with E-state index in [0.717, 1.165) is 0 Å². The van der Waals surface area contributed by atoms with Crippen molar-refractivity contribution in [2.24, 2.45) is 0 Å². The zero-order valence-corrected chi connectivity index (χ0v) is 12.2. The van der Waals surface area contributed by atoms with E-state index in [0.29, 0.717) is 0 Å². The van der Waals surface area contributed by atoms with Gasteiger partial charge in [-0.1, -0.05) is 0 Å². The van der Waals surface area contributed by atoms with Gasteiger partial charge < -0.3 is 9.84 Å². The molecule has 1 aromatic rings. The molecule has 15 heteroatoms. The molecule has 0 amide bonds. The van der Waals surface area contributed by atoms with E-state index < -0.39 is 71.7 Å². The average Bonchev–Trinajstić information content (AvgIpc) is 2.57. The molecular weight excluding hydrogens is 423 g/mol. The lowest BCUT2D eigenvalue weighted by atomic mass is 9.99. The summed E-state index contributed by atoms with van der Waals surface area (Å²) in [5.41, 5.74) is 0. The smallest absolute Gasteiger partial charge is 0.381 e. The maximum Gasteiger partial charge on any atom is 0.381 e. The number of halogens is 13. The molecule has 1 rings (SSSR count). The van der Waals surface area contributed by atoms with Gasteiger partial charge in [-0.05, 0) is 0 Å². The fourth-order valence-corrected chi connectivity index (χ4v) is 1.52. The lowest BCUT2D eigenvalue weighted by Gasteiger charge is -2.35. The molecule has 0 unspecified atom stereocenters. The molecule has 0 aliphatic carbocycles. The predicted molar refractivity (Wildman–Crippen MR) is 58.6 cm³/mol. The van der Waals surface area contributed by atoms with E-state index in [9.17, 15) is 57.1 Å². The van der Waals surface area contributed by atoms with Crippen molar-refractivity contribution < 1.29 is 66.9 Å². The quantitative estimate of drug-likeness (QED) is 0.399. The third-order valence-electron chi connectivity index (χ3n) is 3.08. The van der Waals surface area contributed by atoms with Crippen molar-refractivity contribution in [3.05, 3.63) is 29.1 Å². The molecule has 0 atom stereocenters. The van der Waals surface area contributed by atoms with Gasteiger partial charge in [0, 0.05) is 0 Å². The van der Waals surface area contributed by atoms with E-state index in [1.54, 1.807) is 0 Å². The van der Waals surface area contributed by atoms with Crippen LogP contribution in [0.2, 0.25) is 0 Å². The van der Waals surface area contributed by atoms with E-state index in [1.807, 2.05) is 0 Å². The van der Waals surface area contributed by atoms with Crippen molar-refractivity contribution >= 4 is 0 Å². The van der Waals surface area contributed by atoms with Crippen LogP contribution in [-0.4, -0.2) is 42.0 Å². The van der Waals surface area contributed by atoms with Crippen molar-refractivity contribution in [1.82, 2.24) is 0 Å². The van der Waals surface area contributed by atoms with E-state index in [4.69, 9.17) is 5.11 Å².